The highest BCUT2D eigenvalue weighted by atomic mass is 16.5. The Hall–Kier alpha value is -3.85. The molecule has 0 saturated heterocycles. The molecule has 3 aromatic rings. The standard InChI is InChI=1S/C29H35N5O4/c1-3-38-28(35)17-30-29(36)33(22-11-12-22)20-26-25-19-32(18-21-9-13-24(37-2)14-10-21)16-15-27(25)34(31-26)23-7-5-4-6-8-23/h4-10,13-14,22H,3,11-12,15-20H2,1-2H3,(H,30,36). The molecule has 1 aliphatic carbocycles. The van der Waals surface area contributed by atoms with Crippen molar-refractivity contribution < 1.29 is 19.1 Å². The number of benzene rings is 2. The average Bonchev–Trinajstić information content (AvgIpc) is 3.73. The van der Waals surface area contributed by atoms with Crippen molar-refractivity contribution in [1.29, 1.82) is 0 Å². The van der Waals surface area contributed by atoms with E-state index in [1.165, 1.54) is 16.8 Å². The maximum absolute atomic E-state index is 13.1. The summed E-state index contributed by atoms with van der Waals surface area (Å²) >= 11 is 0. The van der Waals surface area contributed by atoms with Gasteiger partial charge in [-0.1, -0.05) is 30.3 Å². The molecule has 0 spiro atoms. The van der Waals surface area contributed by atoms with E-state index in [1.54, 1.807) is 14.0 Å². The second-order valence-corrected chi connectivity index (χ2v) is 9.75. The van der Waals surface area contributed by atoms with Crippen LogP contribution in [0.3, 0.4) is 0 Å². The zero-order chi connectivity index (χ0) is 26.5. The van der Waals surface area contributed by atoms with Crippen LogP contribution in [0.2, 0.25) is 0 Å². The lowest BCUT2D eigenvalue weighted by Gasteiger charge is -2.28. The third-order valence-corrected chi connectivity index (χ3v) is 7.04. The number of esters is 1. The third kappa shape index (κ3) is 5.99. The van der Waals surface area contributed by atoms with Gasteiger partial charge >= 0.3 is 12.0 Å². The zero-order valence-corrected chi connectivity index (χ0v) is 22.1. The predicted molar refractivity (Wildman–Crippen MR) is 143 cm³/mol. The van der Waals surface area contributed by atoms with Gasteiger partial charge in [0.15, 0.2) is 0 Å². The van der Waals surface area contributed by atoms with Gasteiger partial charge in [0, 0.05) is 37.7 Å². The van der Waals surface area contributed by atoms with Crippen LogP contribution in [0.15, 0.2) is 54.6 Å². The quantitative estimate of drug-likeness (QED) is 0.413. The number of carbonyl (C=O) groups excluding carboxylic acids is 2. The zero-order valence-electron chi connectivity index (χ0n) is 22.1. The lowest BCUT2D eigenvalue weighted by molar-refractivity contribution is -0.141. The number of hydrogen-bond donors (Lipinski definition) is 1. The molecule has 1 aliphatic heterocycles. The summed E-state index contributed by atoms with van der Waals surface area (Å²) in [6, 6.07) is 18.2. The Morgan fingerprint density at radius 1 is 1.11 bits per heavy atom. The number of urea groups is 1. The SMILES string of the molecule is CCOC(=O)CNC(=O)N(Cc1nn(-c2ccccc2)c2c1CN(Cc1ccc(OC)cc1)CC2)C1CC1. The van der Waals surface area contributed by atoms with E-state index in [-0.39, 0.29) is 25.2 Å². The first-order chi connectivity index (χ1) is 18.6. The predicted octanol–water partition coefficient (Wildman–Crippen LogP) is 3.68. The van der Waals surface area contributed by atoms with Gasteiger partial charge in [0.25, 0.3) is 0 Å². The Kier molecular flexibility index (Phi) is 7.93. The number of rotatable bonds is 10. The summed E-state index contributed by atoms with van der Waals surface area (Å²) in [7, 11) is 1.68. The highest BCUT2D eigenvalue weighted by molar-refractivity contribution is 5.81. The van der Waals surface area contributed by atoms with E-state index in [9.17, 15) is 9.59 Å². The molecule has 5 rings (SSSR count). The second-order valence-electron chi connectivity index (χ2n) is 9.75. The van der Waals surface area contributed by atoms with Crippen molar-refractivity contribution in [2.45, 2.75) is 51.9 Å². The molecule has 0 radical (unpaired) electrons. The summed E-state index contributed by atoms with van der Waals surface area (Å²) in [5.41, 5.74) is 5.52. The normalized spacial score (nSPS) is 15.0. The number of methoxy groups -OCH3 is 1. The van der Waals surface area contributed by atoms with Gasteiger partial charge in [-0.25, -0.2) is 9.48 Å². The molecule has 1 N–H and O–H groups in total. The van der Waals surface area contributed by atoms with Crippen molar-refractivity contribution in [2.75, 3.05) is 26.8 Å². The largest absolute Gasteiger partial charge is 0.497 e. The molecular formula is C29H35N5O4. The molecule has 9 nitrogen and oxygen atoms in total. The van der Waals surface area contributed by atoms with Gasteiger partial charge in [-0.3, -0.25) is 9.69 Å². The van der Waals surface area contributed by atoms with Crippen LogP contribution in [0, 0.1) is 0 Å². The Labute approximate surface area is 223 Å². The number of fused-ring (bicyclic) bond motifs is 1. The molecule has 1 saturated carbocycles. The van der Waals surface area contributed by atoms with Gasteiger partial charge in [0.05, 0.1) is 37.3 Å². The molecule has 38 heavy (non-hydrogen) atoms. The van der Waals surface area contributed by atoms with Gasteiger partial charge in [-0.15, -0.1) is 0 Å². The lowest BCUT2D eigenvalue weighted by atomic mass is 10.0. The summed E-state index contributed by atoms with van der Waals surface area (Å²) in [6.07, 6.45) is 2.78. The minimum atomic E-state index is -0.434. The maximum atomic E-state index is 13.1. The number of carbonyl (C=O) groups is 2. The Morgan fingerprint density at radius 2 is 1.87 bits per heavy atom. The number of ether oxygens (including phenoxy) is 2. The van der Waals surface area contributed by atoms with Gasteiger partial charge in [-0.2, -0.15) is 5.10 Å². The number of amides is 2. The smallest absolute Gasteiger partial charge is 0.325 e. The number of para-hydroxylation sites is 1. The first-order valence-electron chi connectivity index (χ1n) is 13.3. The van der Waals surface area contributed by atoms with Crippen molar-refractivity contribution >= 4 is 12.0 Å². The van der Waals surface area contributed by atoms with Crippen molar-refractivity contribution in [1.82, 2.24) is 24.9 Å². The topological polar surface area (TPSA) is 88.9 Å². The molecule has 2 aliphatic rings. The first-order valence-corrected chi connectivity index (χ1v) is 13.3. The molecule has 9 heteroatoms. The van der Waals surface area contributed by atoms with Gasteiger partial charge < -0.3 is 19.7 Å². The molecule has 2 aromatic carbocycles. The van der Waals surface area contributed by atoms with E-state index in [1.807, 2.05) is 39.9 Å². The summed E-state index contributed by atoms with van der Waals surface area (Å²) in [4.78, 5) is 29.1. The van der Waals surface area contributed by atoms with E-state index in [0.717, 1.165) is 56.0 Å². The fraction of sp³-hybridized carbons (Fsp3) is 0.414. The Balaban J connectivity index is 1.38. The number of nitrogens with one attached hydrogen (secondary N) is 1. The molecule has 2 heterocycles. The van der Waals surface area contributed by atoms with Crippen LogP contribution in [0.4, 0.5) is 4.79 Å². The molecule has 200 valence electrons. The van der Waals surface area contributed by atoms with Crippen LogP contribution in [-0.2, 0) is 35.6 Å². The summed E-state index contributed by atoms with van der Waals surface area (Å²) < 4.78 is 12.3. The maximum Gasteiger partial charge on any atom is 0.325 e. The van der Waals surface area contributed by atoms with Crippen molar-refractivity contribution in [2.24, 2.45) is 0 Å². The van der Waals surface area contributed by atoms with Crippen molar-refractivity contribution in [3.05, 3.63) is 77.1 Å². The summed E-state index contributed by atoms with van der Waals surface area (Å²) in [6.45, 7) is 4.80. The van der Waals surface area contributed by atoms with Crippen LogP contribution < -0.4 is 10.1 Å². The van der Waals surface area contributed by atoms with Crippen LogP contribution in [0.5, 0.6) is 5.75 Å². The van der Waals surface area contributed by atoms with E-state index in [4.69, 9.17) is 14.6 Å². The Bertz CT molecular complexity index is 1250. The highest BCUT2D eigenvalue weighted by Crippen LogP contribution is 2.32. The molecule has 1 fully saturated rings. The third-order valence-electron chi connectivity index (χ3n) is 7.04. The van der Waals surface area contributed by atoms with E-state index < -0.39 is 5.97 Å². The van der Waals surface area contributed by atoms with Crippen LogP contribution >= 0.6 is 0 Å². The fourth-order valence-corrected chi connectivity index (χ4v) is 4.95. The molecule has 1 aromatic heterocycles. The first kappa shape index (κ1) is 25.8. The molecule has 0 unspecified atom stereocenters. The summed E-state index contributed by atoms with van der Waals surface area (Å²) in [5.74, 6) is 0.416. The number of nitrogens with zero attached hydrogens (tertiary/aromatic N) is 4. The average molecular weight is 518 g/mol. The lowest BCUT2D eigenvalue weighted by Crippen LogP contribution is -2.43. The minimum absolute atomic E-state index is 0.137. The monoisotopic (exact) mass is 517 g/mol. The van der Waals surface area contributed by atoms with Crippen LogP contribution in [0.25, 0.3) is 5.69 Å². The Morgan fingerprint density at radius 3 is 2.55 bits per heavy atom. The van der Waals surface area contributed by atoms with Crippen molar-refractivity contribution in [3.63, 3.8) is 0 Å². The van der Waals surface area contributed by atoms with Gasteiger partial charge in [0.2, 0.25) is 0 Å². The van der Waals surface area contributed by atoms with Crippen LogP contribution in [-0.4, -0.2) is 64.4 Å². The van der Waals surface area contributed by atoms with Crippen LogP contribution in [0.1, 0.15) is 42.3 Å². The molecular weight excluding hydrogens is 482 g/mol. The number of aromatic nitrogens is 2. The van der Waals surface area contributed by atoms with E-state index in [0.29, 0.717) is 6.54 Å². The van der Waals surface area contributed by atoms with Gasteiger partial charge in [-0.05, 0) is 49.6 Å². The van der Waals surface area contributed by atoms with Gasteiger partial charge in [0.1, 0.15) is 12.3 Å². The second kappa shape index (κ2) is 11.7. The minimum Gasteiger partial charge on any atom is -0.497 e. The fourth-order valence-electron chi connectivity index (χ4n) is 4.95. The van der Waals surface area contributed by atoms with Crippen molar-refractivity contribution in [3.8, 4) is 11.4 Å². The molecule has 0 atom stereocenters. The highest BCUT2D eigenvalue weighted by Gasteiger charge is 2.35. The van der Waals surface area contributed by atoms with E-state index >= 15 is 0 Å². The molecule has 0 bridgehead atoms. The number of hydrogen-bond acceptors (Lipinski definition) is 6. The molecule has 2 amide bonds. The van der Waals surface area contributed by atoms with E-state index in [2.05, 4.69) is 34.5 Å². The summed E-state index contributed by atoms with van der Waals surface area (Å²) in [5, 5.41) is 7.78.